The fourth-order valence-corrected chi connectivity index (χ4v) is 1.91. The molecule has 104 valence electrons. The average Bonchev–Trinajstić information content (AvgIpc) is 2.88. The minimum Gasteiger partial charge on any atom is -0.478 e. The van der Waals surface area contributed by atoms with E-state index in [1.54, 1.807) is 41.3 Å². The third-order valence-corrected chi connectivity index (χ3v) is 2.98. The lowest BCUT2D eigenvalue weighted by molar-refractivity contribution is 0.0696. The van der Waals surface area contributed by atoms with Crippen LogP contribution in [0.15, 0.2) is 36.7 Å². The molecule has 1 heterocycles. The SMILES string of the molecule is CCCC(=O)c1cnn(Cc2ccc(C(=O)O)cc2)c1. The van der Waals surface area contributed by atoms with E-state index < -0.39 is 5.97 Å². The van der Waals surface area contributed by atoms with Gasteiger partial charge in [0.25, 0.3) is 0 Å². The lowest BCUT2D eigenvalue weighted by Gasteiger charge is -2.02. The standard InChI is InChI=1S/C15H16N2O3/c1-2-3-14(18)13-8-16-17(10-13)9-11-4-6-12(7-5-11)15(19)20/h4-8,10H,2-3,9H2,1H3,(H,19,20). The number of carboxylic acid groups (broad SMARTS) is 1. The van der Waals surface area contributed by atoms with Gasteiger partial charge in [-0.25, -0.2) is 4.79 Å². The molecule has 5 nitrogen and oxygen atoms in total. The number of carbonyl (C=O) groups excluding carboxylic acids is 1. The first kappa shape index (κ1) is 14.0. The fourth-order valence-electron chi connectivity index (χ4n) is 1.91. The lowest BCUT2D eigenvalue weighted by Crippen LogP contribution is -2.02. The molecule has 0 spiro atoms. The van der Waals surface area contributed by atoms with E-state index in [9.17, 15) is 9.59 Å². The van der Waals surface area contributed by atoms with E-state index in [1.807, 2.05) is 6.92 Å². The highest BCUT2D eigenvalue weighted by Gasteiger charge is 2.08. The predicted molar refractivity (Wildman–Crippen MR) is 74.0 cm³/mol. The average molecular weight is 272 g/mol. The van der Waals surface area contributed by atoms with Crippen molar-refractivity contribution in [1.82, 2.24) is 9.78 Å². The number of hydrogen-bond acceptors (Lipinski definition) is 3. The van der Waals surface area contributed by atoms with Gasteiger partial charge < -0.3 is 5.11 Å². The van der Waals surface area contributed by atoms with Crippen molar-refractivity contribution in [3.63, 3.8) is 0 Å². The van der Waals surface area contributed by atoms with Gasteiger partial charge >= 0.3 is 5.97 Å². The highest BCUT2D eigenvalue weighted by atomic mass is 16.4. The van der Waals surface area contributed by atoms with Gasteiger partial charge in [0.15, 0.2) is 5.78 Å². The number of hydrogen-bond donors (Lipinski definition) is 1. The molecule has 0 bridgehead atoms. The van der Waals surface area contributed by atoms with Crippen LogP contribution in [0, 0.1) is 0 Å². The summed E-state index contributed by atoms with van der Waals surface area (Å²) in [7, 11) is 0. The topological polar surface area (TPSA) is 72.2 Å². The molecule has 2 aromatic rings. The van der Waals surface area contributed by atoms with E-state index in [1.165, 1.54) is 0 Å². The molecule has 0 saturated carbocycles. The second-order valence-electron chi connectivity index (χ2n) is 4.60. The van der Waals surface area contributed by atoms with Crippen molar-refractivity contribution < 1.29 is 14.7 Å². The molecule has 0 radical (unpaired) electrons. The zero-order valence-corrected chi connectivity index (χ0v) is 11.2. The zero-order chi connectivity index (χ0) is 14.5. The molecule has 0 aliphatic rings. The Hall–Kier alpha value is -2.43. The molecule has 5 heteroatoms. The van der Waals surface area contributed by atoms with Crippen molar-refractivity contribution in [3.8, 4) is 0 Å². The predicted octanol–water partition coefficient (Wildman–Crippen LogP) is 2.61. The summed E-state index contributed by atoms with van der Waals surface area (Å²) < 4.78 is 1.68. The van der Waals surface area contributed by atoms with Gasteiger partial charge in [0.05, 0.1) is 23.9 Å². The van der Waals surface area contributed by atoms with E-state index in [2.05, 4.69) is 5.10 Å². The molecule has 0 fully saturated rings. The summed E-state index contributed by atoms with van der Waals surface area (Å²) >= 11 is 0. The van der Waals surface area contributed by atoms with Gasteiger partial charge in [0.1, 0.15) is 0 Å². The first-order valence-electron chi connectivity index (χ1n) is 6.48. The molecule has 2 rings (SSSR count). The number of Topliss-reactive ketones (excluding diaryl/α,β-unsaturated/α-hetero) is 1. The van der Waals surface area contributed by atoms with Crippen molar-refractivity contribution in [2.75, 3.05) is 0 Å². The van der Waals surface area contributed by atoms with Crippen molar-refractivity contribution in [2.45, 2.75) is 26.3 Å². The van der Waals surface area contributed by atoms with Gasteiger partial charge in [0, 0.05) is 12.6 Å². The molecule has 1 aromatic carbocycles. The monoisotopic (exact) mass is 272 g/mol. The lowest BCUT2D eigenvalue weighted by atomic mass is 10.1. The molecule has 0 saturated heterocycles. The molecule has 1 N–H and O–H groups in total. The second-order valence-corrected chi connectivity index (χ2v) is 4.60. The summed E-state index contributed by atoms with van der Waals surface area (Å²) in [6, 6.07) is 6.62. The first-order valence-corrected chi connectivity index (χ1v) is 6.48. The number of aromatic carboxylic acids is 1. The van der Waals surface area contributed by atoms with Crippen LogP contribution in [-0.2, 0) is 6.54 Å². The quantitative estimate of drug-likeness (QED) is 0.820. The number of ketones is 1. The summed E-state index contributed by atoms with van der Waals surface area (Å²) in [5, 5.41) is 13.0. The van der Waals surface area contributed by atoms with Gasteiger partial charge in [0.2, 0.25) is 0 Å². The third-order valence-electron chi connectivity index (χ3n) is 2.98. The molecule has 1 aromatic heterocycles. The molecule has 0 unspecified atom stereocenters. The molecule has 0 amide bonds. The van der Waals surface area contributed by atoms with Crippen LogP contribution in [0.1, 0.15) is 46.0 Å². The van der Waals surface area contributed by atoms with Crippen molar-refractivity contribution >= 4 is 11.8 Å². The van der Waals surface area contributed by atoms with Crippen molar-refractivity contribution in [2.24, 2.45) is 0 Å². The van der Waals surface area contributed by atoms with E-state index >= 15 is 0 Å². The Labute approximate surface area is 116 Å². The van der Waals surface area contributed by atoms with Gasteiger partial charge in [-0.2, -0.15) is 5.10 Å². The highest BCUT2D eigenvalue weighted by molar-refractivity contribution is 5.95. The number of rotatable bonds is 6. The summed E-state index contributed by atoms with van der Waals surface area (Å²) in [5.41, 5.74) is 1.81. The fraction of sp³-hybridized carbons (Fsp3) is 0.267. The first-order chi connectivity index (χ1) is 9.60. The van der Waals surface area contributed by atoms with E-state index in [0.29, 0.717) is 18.5 Å². The van der Waals surface area contributed by atoms with Crippen LogP contribution in [0.5, 0.6) is 0 Å². The van der Waals surface area contributed by atoms with Gasteiger partial charge in [-0.05, 0) is 24.1 Å². The van der Waals surface area contributed by atoms with Crippen molar-refractivity contribution in [1.29, 1.82) is 0 Å². The van der Waals surface area contributed by atoms with Crippen LogP contribution in [0.2, 0.25) is 0 Å². The Bertz CT molecular complexity index is 614. The largest absolute Gasteiger partial charge is 0.478 e. The van der Waals surface area contributed by atoms with Crippen LogP contribution in [0.3, 0.4) is 0 Å². The van der Waals surface area contributed by atoms with Crippen LogP contribution in [-0.4, -0.2) is 26.6 Å². The Kier molecular flexibility index (Phi) is 4.30. The Morgan fingerprint density at radius 1 is 1.20 bits per heavy atom. The maximum atomic E-state index is 11.7. The smallest absolute Gasteiger partial charge is 0.335 e. The van der Waals surface area contributed by atoms with Gasteiger partial charge in [-0.15, -0.1) is 0 Å². The molecule has 0 atom stereocenters. The Balaban J connectivity index is 2.06. The second kappa shape index (κ2) is 6.14. The molecular formula is C15H16N2O3. The van der Waals surface area contributed by atoms with Gasteiger partial charge in [-0.3, -0.25) is 9.48 Å². The van der Waals surface area contributed by atoms with Crippen molar-refractivity contribution in [3.05, 3.63) is 53.3 Å². The maximum Gasteiger partial charge on any atom is 0.335 e. The highest BCUT2D eigenvalue weighted by Crippen LogP contribution is 2.09. The third kappa shape index (κ3) is 3.32. The van der Waals surface area contributed by atoms with E-state index in [4.69, 9.17) is 5.11 Å². The number of nitrogens with zero attached hydrogens (tertiary/aromatic N) is 2. The molecule has 0 aliphatic carbocycles. The maximum absolute atomic E-state index is 11.7. The molecule has 0 aliphatic heterocycles. The van der Waals surface area contributed by atoms with Gasteiger partial charge in [-0.1, -0.05) is 19.1 Å². The summed E-state index contributed by atoms with van der Waals surface area (Å²) in [5.74, 6) is -0.844. The number of carbonyl (C=O) groups is 2. The number of benzene rings is 1. The summed E-state index contributed by atoms with van der Waals surface area (Å²) in [6.45, 7) is 2.48. The molecule has 20 heavy (non-hydrogen) atoms. The van der Waals surface area contributed by atoms with Crippen LogP contribution in [0.25, 0.3) is 0 Å². The summed E-state index contributed by atoms with van der Waals surface area (Å²) in [4.78, 5) is 22.5. The van der Waals surface area contributed by atoms with Crippen LogP contribution >= 0.6 is 0 Å². The van der Waals surface area contributed by atoms with Crippen LogP contribution in [0.4, 0.5) is 0 Å². The minimum absolute atomic E-state index is 0.0972. The number of carboxylic acids is 1. The number of aromatic nitrogens is 2. The Morgan fingerprint density at radius 3 is 2.50 bits per heavy atom. The van der Waals surface area contributed by atoms with Crippen LogP contribution < -0.4 is 0 Å². The zero-order valence-electron chi connectivity index (χ0n) is 11.2. The van der Waals surface area contributed by atoms with E-state index in [0.717, 1.165) is 12.0 Å². The summed E-state index contributed by atoms with van der Waals surface area (Å²) in [6.07, 6.45) is 4.65. The normalized spacial score (nSPS) is 10.4. The van der Waals surface area contributed by atoms with E-state index in [-0.39, 0.29) is 11.3 Å². The minimum atomic E-state index is -0.942. The Morgan fingerprint density at radius 2 is 1.90 bits per heavy atom. The molecular weight excluding hydrogens is 256 g/mol.